The van der Waals surface area contributed by atoms with Gasteiger partial charge in [-0.15, -0.1) is 11.3 Å². The summed E-state index contributed by atoms with van der Waals surface area (Å²) in [5.41, 5.74) is -4.69. The molecular weight excluding hydrogens is 810 g/mol. The van der Waals surface area contributed by atoms with Gasteiger partial charge in [0.1, 0.15) is 16.3 Å². The minimum Gasteiger partial charge on any atom is -0.490 e. The number of nitriles is 1. The predicted octanol–water partition coefficient (Wildman–Crippen LogP) is 8.94. The fourth-order valence-electron chi connectivity index (χ4n) is 8.25. The molecule has 1 amide bonds. The summed E-state index contributed by atoms with van der Waals surface area (Å²) in [6, 6.07) is 9.27. The standard InChI is InChI=1S/C34H41F4N3O5S.C7H4F3NO/c1-3-7-26-33(12-6-16-40(26)2,46-23-20-27(47-21-23)34(36,37)38)29(42)41-17-13-32(22-39,14-18-41)24-8-4-9-25(35)28(24)45-19-15-31(30(43)44)10-5-11-31;8-7(9,10)5-2-1-3-11-6(5)4-12/h4,8-9,20-21,26H,3,5-7,10-19H2,1-2H3,(H,43,44);1-4H. The van der Waals surface area contributed by atoms with E-state index in [1.807, 2.05) is 18.9 Å². The molecule has 1 N–H and O–H groups in total. The van der Waals surface area contributed by atoms with Gasteiger partial charge in [0, 0.05) is 36.3 Å². The van der Waals surface area contributed by atoms with Crippen LogP contribution in [0.1, 0.15) is 97.6 Å². The maximum atomic E-state index is 15.2. The highest BCUT2D eigenvalue weighted by atomic mass is 32.1. The second-order valence-corrected chi connectivity index (χ2v) is 16.1. The van der Waals surface area contributed by atoms with Gasteiger partial charge >= 0.3 is 18.3 Å². The minimum atomic E-state index is -4.53. The lowest BCUT2D eigenvalue weighted by Crippen LogP contribution is -2.67. The van der Waals surface area contributed by atoms with Crippen molar-refractivity contribution in [3.63, 3.8) is 0 Å². The van der Waals surface area contributed by atoms with Crippen LogP contribution in [0.15, 0.2) is 48.0 Å². The molecule has 10 nitrogen and oxygen atoms in total. The molecule has 2 aromatic heterocycles. The predicted molar refractivity (Wildman–Crippen MR) is 201 cm³/mol. The van der Waals surface area contributed by atoms with E-state index >= 15 is 4.39 Å². The van der Waals surface area contributed by atoms with Gasteiger partial charge in [-0.3, -0.25) is 24.3 Å². The van der Waals surface area contributed by atoms with Crippen LogP contribution >= 0.6 is 11.3 Å². The number of amides is 1. The van der Waals surface area contributed by atoms with Crippen LogP contribution in [-0.2, 0) is 27.4 Å². The van der Waals surface area contributed by atoms with Crippen LogP contribution in [0.5, 0.6) is 11.5 Å². The molecule has 1 aliphatic carbocycles. The molecule has 2 saturated heterocycles. The van der Waals surface area contributed by atoms with Crippen LogP contribution < -0.4 is 9.47 Å². The fraction of sp³-hybridized carbons (Fsp3) is 0.537. The molecule has 0 spiro atoms. The van der Waals surface area contributed by atoms with Crippen LogP contribution in [0.25, 0.3) is 0 Å². The van der Waals surface area contributed by atoms with Crippen LogP contribution in [0.2, 0.25) is 0 Å². The quantitative estimate of drug-likeness (QED) is 0.140. The smallest absolute Gasteiger partial charge is 0.425 e. The molecule has 4 heterocycles. The molecule has 0 bridgehead atoms. The van der Waals surface area contributed by atoms with Gasteiger partial charge in [-0.1, -0.05) is 31.9 Å². The van der Waals surface area contributed by atoms with E-state index in [0.29, 0.717) is 55.5 Å². The number of nitrogens with zero attached hydrogens (tertiary/aromatic N) is 4. The van der Waals surface area contributed by atoms with Crippen molar-refractivity contribution >= 4 is 29.5 Å². The number of hydrogen-bond donors (Lipinski definition) is 1. The molecule has 1 aromatic carbocycles. The monoisotopic (exact) mass is 854 g/mol. The van der Waals surface area contributed by atoms with Crippen LogP contribution in [0.3, 0.4) is 0 Å². The Hall–Kier alpha value is -4.76. The molecule has 3 aliphatic rings. The third kappa shape index (κ3) is 9.67. The largest absolute Gasteiger partial charge is 0.490 e. The summed E-state index contributed by atoms with van der Waals surface area (Å²) in [6.07, 6.45) is -3.07. The number of carbonyl (C=O) groups is 3. The van der Waals surface area contributed by atoms with Gasteiger partial charge in [0.05, 0.1) is 35.1 Å². The Morgan fingerprint density at radius 2 is 1.75 bits per heavy atom. The van der Waals surface area contributed by atoms with Crippen molar-refractivity contribution in [1.29, 1.82) is 5.26 Å². The number of piperidine rings is 2. The number of aldehydes is 1. The molecule has 2 atom stereocenters. The number of aromatic nitrogens is 1. The lowest BCUT2D eigenvalue weighted by atomic mass is 9.67. The van der Waals surface area contributed by atoms with Crippen molar-refractivity contribution in [1.82, 2.24) is 14.8 Å². The summed E-state index contributed by atoms with van der Waals surface area (Å²) in [6.45, 7) is 2.98. The van der Waals surface area contributed by atoms with Gasteiger partial charge in [0.2, 0.25) is 5.60 Å². The number of ether oxygens (including phenoxy) is 2. The first kappa shape index (κ1) is 45.3. The first-order valence-corrected chi connectivity index (χ1v) is 20.1. The number of thiophene rings is 1. The van der Waals surface area contributed by atoms with Gasteiger partial charge in [-0.25, -0.2) is 4.39 Å². The summed E-state index contributed by atoms with van der Waals surface area (Å²) < 4.78 is 104. The molecule has 2 aliphatic heterocycles. The summed E-state index contributed by atoms with van der Waals surface area (Å²) in [5.74, 6) is -1.95. The lowest BCUT2D eigenvalue weighted by molar-refractivity contribution is -0.161. The van der Waals surface area contributed by atoms with Gasteiger partial charge in [0.25, 0.3) is 5.91 Å². The number of likely N-dealkylation sites (N-methyl/N-ethyl adjacent to an activating group) is 1. The van der Waals surface area contributed by atoms with E-state index < -0.39 is 56.7 Å². The number of alkyl halides is 6. The van der Waals surface area contributed by atoms with Crippen molar-refractivity contribution < 1.29 is 59.7 Å². The first-order valence-electron chi connectivity index (χ1n) is 19.2. The van der Waals surface area contributed by atoms with Crippen LogP contribution in [0.4, 0.5) is 30.7 Å². The van der Waals surface area contributed by atoms with E-state index in [-0.39, 0.29) is 68.7 Å². The number of carboxylic acids is 1. The summed E-state index contributed by atoms with van der Waals surface area (Å²) in [5, 5.41) is 21.5. The maximum absolute atomic E-state index is 15.2. The Morgan fingerprint density at radius 1 is 1.03 bits per heavy atom. The van der Waals surface area contributed by atoms with Crippen molar-refractivity contribution in [3.8, 4) is 17.6 Å². The zero-order valence-corrected chi connectivity index (χ0v) is 33.3. The zero-order valence-electron chi connectivity index (χ0n) is 32.5. The van der Waals surface area contributed by atoms with E-state index in [1.165, 1.54) is 17.5 Å². The molecule has 1 saturated carbocycles. The van der Waals surface area contributed by atoms with E-state index in [9.17, 15) is 51.1 Å². The molecule has 59 heavy (non-hydrogen) atoms. The maximum Gasteiger partial charge on any atom is 0.425 e. The number of likely N-dealkylation sites (tertiary alicyclic amines) is 2. The molecule has 3 fully saturated rings. The fourth-order valence-corrected chi connectivity index (χ4v) is 8.92. The van der Waals surface area contributed by atoms with E-state index in [1.54, 1.807) is 11.0 Å². The molecule has 6 rings (SSSR count). The number of hydrogen-bond acceptors (Lipinski definition) is 9. The second kappa shape index (κ2) is 18.2. The molecule has 0 radical (unpaired) electrons. The highest BCUT2D eigenvalue weighted by molar-refractivity contribution is 7.10. The average Bonchev–Trinajstić information content (AvgIpc) is 3.66. The normalized spacial score (nSPS) is 21.6. The highest BCUT2D eigenvalue weighted by Gasteiger charge is 2.55. The SMILES string of the molecule is CCCC1N(C)CCCC1(Oc1csc(C(F)(F)F)c1)C(=O)N1CCC(C#N)(c2cccc(F)c2OCCC2(C(=O)O)CCC2)CC1.O=Cc1ncccc1C(F)(F)F. The third-order valence-electron chi connectivity index (χ3n) is 11.7. The number of rotatable bonds is 12. The Balaban J connectivity index is 0.000000473. The van der Waals surface area contributed by atoms with E-state index in [2.05, 4.69) is 11.1 Å². The van der Waals surface area contributed by atoms with Crippen molar-refractivity contribution in [2.45, 2.75) is 101 Å². The number of benzene rings is 1. The number of halogens is 7. The summed E-state index contributed by atoms with van der Waals surface area (Å²) in [4.78, 5) is 42.6. The number of carbonyl (C=O) groups excluding carboxylic acids is 2. The molecule has 18 heteroatoms. The molecule has 320 valence electrons. The number of aliphatic carboxylic acids is 1. The van der Waals surface area contributed by atoms with E-state index in [4.69, 9.17) is 9.47 Å². The zero-order chi connectivity index (χ0) is 43.2. The summed E-state index contributed by atoms with van der Waals surface area (Å²) >= 11 is 0.526. The third-order valence-corrected chi connectivity index (χ3v) is 12.6. The van der Waals surface area contributed by atoms with Crippen molar-refractivity contribution in [2.75, 3.05) is 33.3 Å². The summed E-state index contributed by atoms with van der Waals surface area (Å²) in [7, 11) is 1.89. The topological polar surface area (TPSA) is 133 Å². The molecule has 2 unspecified atom stereocenters. The Morgan fingerprint density at radius 3 is 2.29 bits per heavy atom. The highest BCUT2D eigenvalue weighted by Crippen LogP contribution is 2.47. The first-order chi connectivity index (χ1) is 27.9. The number of carboxylic acid groups (broad SMARTS) is 1. The second-order valence-electron chi connectivity index (χ2n) is 15.2. The Bertz CT molecular complexity index is 2010. The van der Waals surface area contributed by atoms with Gasteiger partial charge < -0.3 is 19.5 Å². The van der Waals surface area contributed by atoms with Gasteiger partial charge in [-0.2, -0.15) is 31.6 Å². The number of para-hydroxylation sites is 1. The Kier molecular flexibility index (Phi) is 14.0. The molecular formula is C41H45F7N4O6S. The lowest BCUT2D eigenvalue weighted by Gasteiger charge is -2.50. The van der Waals surface area contributed by atoms with Crippen molar-refractivity contribution in [3.05, 3.63) is 75.5 Å². The van der Waals surface area contributed by atoms with Crippen LogP contribution in [-0.4, -0.2) is 83.0 Å². The molecule has 3 aromatic rings. The number of pyridine rings is 1. The Labute approximate surface area is 340 Å². The van der Waals surface area contributed by atoms with Gasteiger partial charge in [0.15, 0.2) is 17.9 Å². The minimum absolute atomic E-state index is 0.00332. The van der Waals surface area contributed by atoms with Gasteiger partial charge in [-0.05, 0) is 83.2 Å². The van der Waals surface area contributed by atoms with Crippen molar-refractivity contribution in [2.24, 2.45) is 5.41 Å². The van der Waals surface area contributed by atoms with E-state index in [0.717, 1.165) is 37.2 Å². The average molecular weight is 855 g/mol. The van der Waals surface area contributed by atoms with Crippen LogP contribution in [0, 0.1) is 22.6 Å².